The fourth-order valence-corrected chi connectivity index (χ4v) is 4.26. The van der Waals surface area contributed by atoms with Crippen molar-refractivity contribution in [3.63, 3.8) is 0 Å². The van der Waals surface area contributed by atoms with Crippen LogP contribution >= 0.6 is 0 Å². The molecule has 0 saturated heterocycles. The van der Waals surface area contributed by atoms with Gasteiger partial charge in [-0.25, -0.2) is 9.97 Å². The van der Waals surface area contributed by atoms with Crippen LogP contribution in [0.5, 0.6) is 0 Å². The molecule has 0 N–H and O–H groups in total. The van der Waals surface area contributed by atoms with E-state index in [0.717, 1.165) is 56.0 Å². The lowest BCUT2D eigenvalue weighted by Crippen LogP contribution is -1.97. The molecule has 6 aromatic rings. The lowest BCUT2D eigenvalue weighted by atomic mass is 10.1. The minimum atomic E-state index is 0.726. The van der Waals surface area contributed by atoms with Crippen molar-refractivity contribution in [2.45, 2.75) is 0 Å². The van der Waals surface area contributed by atoms with Crippen LogP contribution in [0.4, 0.5) is 0 Å². The average molecular weight is 402 g/mol. The summed E-state index contributed by atoms with van der Waals surface area (Å²) in [5, 5.41) is 1.01. The van der Waals surface area contributed by atoms with E-state index in [9.17, 15) is 0 Å². The maximum atomic E-state index is 6.35. The summed E-state index contributed by atoms with van der Waals surface area (Å²) in [6.07, 6.45) is 9.19. The lowest BCUT2D eigenvalue weighted by Gasteiger charge is -2.03. The number of allylic oxidation sites excluding steroid dienone is 2. The van der Waals surface area contributed by atoms with Gasteiger partial charge in [0.1, 0.15) is 17.1 Å². The Morgan fingerprint density at radius 1 is 0.935 bits per heavy atom. The van der Waals surface area contributed by atoms with Crippen molar-refractivity contribution < 1.29 is 4.42 Å². The molecule has 0 atom stereocenters. The zero-order chi connectivity index (χ0) is 20.9. The molecule has 0 aliphatic carbocycles. The van der Waals surface area contributed by atoms with Crippen LogP contribution in [0.3, 0.4) is 0 Å². The number of benzene rings is 2. The molecule has 0 saturated carbocycles. The van der Waals surface area contributed by atoms with Gasteiger partial charge in [0, 0.05) is 17.1 Å². The second-order valence-electron chi connectivity index (χ2n) is 7.25. The SMILES string of the molecule is C=C/C=C\c1c(C=C)oc2c1ccc1c2n2c3ccccc3nc2n1-c1ccccn1. The summed E-state index contributed by atoms with van der Waals surface area (Å²) >= 11 is 0. The molecule has 0 radical (unpaired) electrons. The first-order valence-electron chi connectivity index (χ1n) is 10.0. The normalized spacial score (nSPS) is 12.0. The van der Waals surface area contributed by atoms with Crippen molar-refractivity contribution in [1.29, 1.82) is 0 Å². The van der Waals surface area contributed by atoms with Gasteiger partial charge in [0.15, 0.2) is 5.58 Å². The molecule has 0 fully saturated rings. The van der Waals surface area contributed by atoms with E-state index in [1.807, 2.05) is 48.6 Å². The molecular formula is C26H18N4O. The Bertz CT molecular complexity index is 1660. The van der Waals surface area contributed by atoms with Gasteiger partial charge in [-0.3, -0.25) is 8.97 Å². The predicted octanol–water partition coefficient (Wildman–Crippen LogP) is 6.41. The molecule has 31 heavy (non-hydrogen) atoms. The van der Waals surface area contributed by atoms with E-state index in [1.54, 1.807) is 18.3 Å². The molecule has 0 amide bonds. The highest BCUT2D eigenvalue weighted by Crippen LogP contribution is 2.37. The fourth-order valence-electron chi connectivity index (χ4n) is 4.26. The number of pyridine rings is 1. The lowest BCUT2D eigenvalue weighted by molar-refractivity contribution is 0.606. The van der Waals surface area contributed by atoms with E-state index in [4.69, 9.17) is 9.40 Å². The van der Waals surface area contributed by atoms with Gasteiger partial charge in [0.2, 0.25) is 5.78 Å². The molecule has 0 unspecified atom stereocenters. The van der Waals surface area contributed by atoms with Crippen LogP contribution < -0.4 is 0 Å². The number of aromatic nitrogens is 4. The molecular weight excluding hydrogens is 384 g/mol. The summed E-state index contributed by atoms with van der Waals surface area (Å²) in [5.41, 5.74) is 5.64. The first-order chi connectivity index (χ1) is 15.3. The Hall–Kier alpha value is -4.38. The van der Waals surface area contributed by atoms with Gasteiger partial charge in [0.05, 0.1) is 16.6 Å². The molecule has 4 heterocycles. The molecule has 6 rings (SSSR count). The third kappa shape index (κ3) is 2.37. The molecule has 2 aromatic carbocycles. The van der Waals surface area contributed by atoms with Gasteiger partial charge in [-0.2, -0.15) is 0 Å². The summed E-state index contributed by atoms with van der Waals surface area (Å²) in [7, 11) is 0. The number of fused-ring (bicyclic) bond motifs is 7. The predicted molar refractivity (Wildman–Crippen MR) is 126 cm³/mol. The first-order valence-corrected chi connectivity index (χ1v) is 10.0. The largest absolute Gasteiger partial charge is 0.454 e. The van der Waals surface area contributed by atoms with Crippen LogP contribution in [0.15, 0.2) is 90.5 Å². The number of rotatable bonds is 4. The molecule has 0 aliphatic heterocycles. The van der Waals surface area contributed by atoms with Crippen LogP contribution in [-0.2, 0) is 0 Å². The Labute approximate surface area is 177 Å². The van der Waals surface area contributed by atoms with E-state index >= 15 is 0 Å². The van der Waals surface area contributed by atoms with E-state index < -0.39 is 0 Å². The van der Waals surface area contributed by atoms with Crippen molar-refractivity contribution >= 4 is 51.0 Å². The Balaban J connectivity index is 1.87. The van der Waals surface area contributed by atoms with Crippen molar-refractivity contribution in [2.24, 2.45) is 0 Å². The Kier molecular flexibility index (Phi) is 3.70. The minimum Gasteiger partial charge on any atom is -0.454 e. The van der Waals surface area contributed by atoms with Crippen molar-refractivity contribution in [3.05, 3.63) is 97.4 Å². The van der Waals surface area contributed by atoms with Crippen LogP contribution in [0, 0.1) is 0 Å². The van der Waals surface area contributed by atoms with Crippen LogP contribution in [0.1, 0.15) is 11.3 Å². The maximum Gasteiger partial charge on any atom is 0.222 e. The second kappa shape index (κ2) is 6.57. The number of hydrogen-bond donors (Lipinski definition) is 0. The molecule has 4 aromatic heterocycles. The summed E-state index contributed by atoms with van der Waals surface area (Å²) in [6.45, 7) is 7.73. The third-order valence-corrected chi connectivity index (χ3v) is 5.55. The van der Waals surface area contributed by atoms with E-state index in [-0.39, 0.29) is 0 Å². The van der Waals surface area contributed by atoms with E-state index in [2.05, 4.69) is 45.3 Å². The molecule has 0 spiro atoms. The second-order valence-corrected chi connectivity index (χ2v) is 7.25. The van der Waals surface area contributed by atoms with Gasteiger partial charge in [-0.05, 0) is 42.5 Å². The van der Waals surface area contributed by atoms with Crippen molar-refractivity contribution in [2.75, 3.05) is 0 Å². The quantitative estimate of drug-likeness (QED) is 0.320. The van der Waals surface area contributed by atoms with Crippen LogP contribution in [-0.4, -0.2) is 18.9 Å². The van der Waals surface area contributed by atoms with Crippen molar-refractivity contribution in [1.82, 2.24) is 18.9 Å². The van der Waals surface area contributed by atoms with Gasteiger partial charge >= 0.3 is 0 Å². The van der Waals surface area contributed by atoms with Gasteiger partial charge < -0.3 is 4.42 Å². The van der Waals surface area contributed by atoms with E-state index in [1.165, 1.54) is 0 Å². The fraction of sp³-hybridized carbons (Fsp3) is 0. The van der Waals surface area contributed by atoms with Gasteiger partial charge in [-0.15, -0.1) is 0 Å². The first kappa shape index (κ1) is 17.5. The van der Waals surface area contributed by atoms with Crippen molar-refractivity contribution in [3.8, 4) is 5.82 Å². The van der Waals surface area contributed by atoms with Crippen LogP contribution in [0.25, 0.3) is 56.8 Å². The molecule has 0 aliphatic rings. The van der Waals surface area contributed by atoms with Gasteiger partial charge in [0.25, 0.3) is 0 Å². The number of imidazole rings is 2. The number of hydrogen-bond acceptors (Lipinski definition) is 3. The van der Waals surface area contributed by atoms with Gasteiger partial charge in [-0.1, -0.05) is 49.6 Å². The number of furan rings is 1. The zero-order valence-corrected chi connectivity index (χ0v) is 16.7. The van der Waals surface area contributed by atoms with E-state index in [0.29, 0.717) is 0 Å². The standard InChI is InChI=1S/C26H18N4O/c1-3-5-10-17-18-14-15-21-24(25(18)31-22(17)4-2)30-20-12-7-6-11-19(20)28-26(30)29(21)23-13-8-9-16-27-23/h3-16H,1-2H2/b10-5-. The summed E-state index contributed by atoms with van der Waals surface area (Å²) in [4.78, 5) is 9.52. The summed E-state index contributed by atoms with van der Waals surface area (Å²) in [6, 6.07) is 18.2. The number of para-hydroxylation sites is 2. The molecule has 5 nitrogen and oxygen atoms in total. The smallest absolute Gasteiger partial charge is 0.222 e. The maximum absolute atomic E-state index is 6.35. The Morgan fingerprint density at radius 3 is 2.61 bits per heavy atom. The zero-order valence-electron chi connectivity index (χ0n) is 16.7. The molecule has 5 heteroatoms. The monoisotopic (exact) mass is 402 g/mol. The average Bonchev–Trinajstić information content (AvgIpc) is 3.45. The number of nitrogens with zero attached hydrogens (tertiary/aromatic N) is 4. The minimum absolute atomic E-state index is 0.726. The molecule has 0 bridgehead atoms. The van der Waals surface area contributed by atoms with Crippen LogP contribution in [0.2, 0.25) is 0 Å². The topological polar surface area (TPSA) is 48.3 Å². The molecule has 148 valence electrons. The Morgan fingerprint density at radius 2 is 1.81 bits per heavy atom. The highest BCUT2D eigenvalue weighted by Gasteiger charge is 2.22. The summed E-state index contributed by atoms with van der Waals surface area (Å²) in [5.74, 6) is 2.32. The summed E-state index contributed by atoms with van der Waals surface area (Å²) < 4.78 is 10.6. The highest BCUT2D eigenvalue weighted by molar-refractivity contribution is 6.09. The highest BCUT2D eigenvalue weighted by atomic mass is 16.3. The third-order valence-electron chi connectivity index (χ3n) is 5.55.